The highest BCUT2D eigenvalue weighted by Crippen LogP contribution is 2.27. The Kier molecular flexibility index (Phi) is 5.43. The van der Waals surface area contributed by atoms with E-state index in [0.717, 1.165) is 0 Å². The Hall–Kier alpha value is -1.96. The van der Waals surface area contributed by atoms with E-state index < -0.39 is 21.6 Å². The molecule has 19 heavy (non-hydrogen) atoms. The summed E-state index contributed by atoms with van der Waals surface area (Å²) in [6.07, 6.45) is 1.54. The zero-order chi connectivity index (χ0) is 14.4. The van der Waals surface area contributed by atoms with Gasteiger partial charge in [0, 0.05) is 42.5 Å². The molecular weight excluding hydrogens is 270 g/mol. The Bertz CT molecular complexity index is 519. The smallest absolute Gasteiger partial charge is 0.293 e. The number of nitrogens with one attached hydrogen (secondary N) is 2. The summed E-state index contributed by atoms with van der Waals surface area (Å²) < 4.78 is 10.9. The van der Waals surface area contributed by atoms with Crippen molar-refractivity contribution in [1.82, 2.24) is 5.32 Å². The van der Waals surface area contributed by atoms with E-state index in [1.807, 2.05) is 0 Å². The molecule has 0 aromatic heterocycles. The van der Waals surface area contributed by atoms with Crippen LogP contribution in [0.25, 0.3) is 0 Å². The van der Waals surface area contributed by atoms with Crippen molar-refractivity contribution >= 4 is 28.1 Å². The molecule has 0 aliphatic heterocycles. The van der Waals surface area contributed by atoms with Gasteiger partial charge in [0.15, 0.2) is 0 Å². The Morgan fingerprint density at radius 3 is 2.68 bits per heavy atom. The summed E-state index contributed by atoms with van der Waals surface area (Å²) in [6.45, 7) is 0.258. The van der Waals surface area contributed by atoms with Crippen molar-refractivity contribution in [2.75, 3.05) is 30.9 Å². The fourth-order valence-electron chi connectivity index (χ4n) is 1.55. The predicted octanol–water partition coefficient (Wildman–Crippen LogP) is 0.745. The maximum atomic E-state index is 11.9. The van der Waals surface area contributed by atoms with Crippen LogP contribution in [0, 0.1) is 10.1 Å². The minimum Gasteiger partial charge on any atom is -0.382 e. The van der Waals surface area contributed by atoms with Crippen LogP contribution < -0.4 is 10.6 Å². The maximum Gasteiger partial charge on any atom is 0.293 e. The highest BCUT2D eigenvalue weighted by atomic mass is 32.2. The number of carbonyl (C=O) groups excluding carboxylic acids is 1. The van der Waals surface area contributed by atoms with Crippen LogP contribution in [-0.2, 0) is 10.8 Å². The fourth-order valence-corrected chi connectivity index (χ4v) is 1.94. The molecule has 0 heterocycles. The van der Waals surface area contributed by atoms with Crippen molar-refractivity contribution in [2.45, 2.75) is 0 Å². The van der Waals surface area contributed by atoms with Crippen LogP contribution in [0.5, 0.6) is 0 Å². The molecular formula is C11H15N3O4S. The van der Waals surface area contributed by atoms with Crippen LogP contribution in [0.3, 0.4) is 0 Å². The Morgan fingerprint density at radius 2 is 2.16 bits per heavy atom. The second kappa shape index (κ2) is 6.83. The van der Waals surface area contributed by atoms with Gasteiger partial charge in [-0.3, -0.25) is 19.1 Å². The van der Waals surface area contributed by atoms with Gasteiger partial charge in [-0.2, -0.15) is 0 Å². The first-order valence-electron chi connectivity index (χ1n) is 5.50. The Morgan fingerprint density at radius 1 is 1.47 bits per heavy atom. The summed E-state index contributed by atoms with van der Waals surface area (Å²) in [7, 11) is 0.518. The number of nitro groups is 1. The van der Waals surface area contributed by atoms with Gasteiger partial charge in [0.2, 0.25) is 0 Å². The number of rotatable bonds is 6. The zero-order valence-corrected chi connectivity index (χ0v) is 11.5. The van der Waals surface area contributed by atoms with Crippen molar-refractivity contribution < 1.29 is 13.9 Å². The highest BCUT2D eigenvalue weighted by molar-refractivity contribution is 7.84. The summed E-state index contributed by atoms with van der Waals surface area (Å²) in [5.41, 5.74) is 0.204. The van der Waals surface area contributed by atoms with E-state index in [0.29, 0.717) is 5.75 Å². The first-order valence-corrected chi connectivity index (χ1v) is 7.23. The molecule has 2 N–H and O–H groups in total. The normalized spacial score (nSPS) is 11.7. The molecule has 0 fully saturated rings. The van der Waals surface area contributed by atoms with E-state index >= 15 is 0 Å². The number of para-hydroxylation sites is 1. The Balaban J connectivity index is 2.93. The molecule has 0 spiro atoms. The summed E-state index contributed by atoms with van der Waals surface area (Å²) in [5, 5.41) is 16.1. The predicted molar refractivity (Wildman–Crippen MR) is 73.9 cm³/mol. The standard InChI is InChI=1S/C11H15N3O4S/c1-12-10-8(4-3-5-9(10)14(16)17)11(15)13-6-7-19(2)18/h3-5,12H,6-7H2,1-2H3,(H,13,15). The SMILES string of the molecule is CNc1c(C(=O)NCCS(C)=O)cccc1[N+](=O)[O-]. The molecule has 1 unspecified atom stereocenters. The summed E-state index contributed by atoms with van der Waals surface area (Å²) >= 11 is 0. The number of carbonyl (C=O) groups is 1. The number of nitrogens with zero attached hydrogens (tertiary/aromatic N) is 1. The van der Waals surface area contributed by atoms with Gasteiger partial charge >= 0.3 is 0 Å². The first kappa shape index (κ1) is 15.1. The second-order valence-corrected chi connectivity index (χ2v) is 5.29. The van der Waals surface area contributed by atoms with Gasteiger partial charge in [-0.15, -0.1) is 0 Å². The van der Waals surface area contributed by atoms with Crippen LogP contribution in [0.4, 0.5) is 11.4 Å². The molecule has 8 heteroatoms. The van der Waals surface area contributed by atoms with Crippen LogP contribution in [0.15, 0.2) is 18.2 Å². The number of hydrogen-bond acceptors (Lipinski definition) is 5. The van der Waals surface area contributed by atoms with Gasteiger partial charge in [0.1, 0.15) is 5.69 Å². The lowest BCUT2D eigenvalue weighted by molar-refractivity contribution is -0.384. The van der Waals surface area contributed by atoms with Gasteiger partial charge in [0.25, 0.3) is 11.6 Å². The van der Waals surface area contributed by atoms with E-state index in [2.05, 4.69) is 10.6 Å². The molecule has 0 radical (unpaired) electrons. The van der Waals surface area contributed by atoms with Crippen molar-refractivity contribution in [1.29, 1.82) is 0 Å². The lowest BCUT2D eigenvalue weighted by Gasteiger charge is -2.09. The van der Waals surface area contributed by atoms with Gasteiger partial charge in [0.05, 0.1) is 10.5 Å². The van der Waals surface area contributed by atoms with Crippen LogP contribution in [-0.4, -0.2) is 40.6 Å². The third-order valence-corrected chi connectivity index (χ3v) is 3.19. The van der Waals surface area contributed by atoms with Crippen LogP contribution in [0.1, 0.15) is 10.4 Å². The van der Waals surface area contributed by atoms with Crippen molar-refractivity contribution in [2.24, 2.45) is 0 Å². The molecule has 1 amide bonds. The van der Waals surface area contributed by atoms with E-state index in [-0.39, 0.29) is 23.5 Å². The molecule has 0 aliphatic rings. The molecule has 1 aromatic rings. The molecule has 0 saturated heterocycles. The van der Waals surface area contributed by atoms with Crippen molar-refractivity contribution in [3.63, 3.8) is 0 Å². The molecule has 1 rings (SSSR count). The maximum absolute atomic E-state index is 11.9. The van der Waals surface area contributed by atoms with E-state index in [1.54, 1.807) is 6.26 Å². The summed E-state index contributed by atoms with van der Waals surface area (Å²) in [6, 6.07) is 4.27. The number of benzene rings is 1. The van der Waals surface area contributed by atoms with E-state index in [4.69, 9.17) is 0 Å². The summed E-state index contributed by atoms with van der Waals surface area (Å²) in [5.74, 6) is -0.0891. The first-order chi connectivity index (χ1) is 8.97. The van der Waals surface area contributed by atoms with Gasteiger partial charge < -0.3 is 10.6 Å². The third-order valence-electron chi connectivity index (χ3n) is 2.41. The van der Waals surface area contributed by atoms with Crippen LogP contribution >= 0.6 is 0 Å². The minimum absolute atomic E-state index is 0.158. The molecule has 1 aromatic carbocycles. The Labute approximate surface area is 113 Å². The molecule has 104 valence electrons. The fraction of sp³-hybridized carbons (Fsp3) is 0.364. The highest BCUT2D eigenvalue weighted by Gasteiger charge is 2.20. The average Bonchev–Trinajstić information content (AvgIpc) is 2.36. The average molecular weight is 285 g/mol. The summed E-state index contributed by atoms with van der Waals surface area (Å²) in [4.78, 5) is 22.2. The van der Waals surface area contributed by atoms with E-state index in [1.165, 1.54) is 25.2 Å². The largest absolute Gasteiger partial charge is 0.382 e. The molecule has 0 saturated carbocycles. The van der Waals surface area contributed by atoms with E-state index in [9.17, 15) is 19.1 Å². The van der Waals surface area contributed by atoms with Crippen molar-refractivity contribution in [3.8, 4) is 0 Å². The minimum atomic E-state index is -0.996. The monoisotopic (exact) mass is 285 g/mol. The van der Waals surface area contributed by atoms with Crippen molar-refractivity contribution in [3.05, 3.63) is 33.9 Å². The topological polar surface area (TPSA) is 101 Å². The molecule has 0 bridgehead atoms. The number of anilines is 1. The third kappa shape index (κ3) is 4.02. The zero-order valence-electron chi connectivity index (χ0n) is 10.6. The lowest BCUT2D eigenvalue weighted by atomic mass is 10.1. The number of nitro benzene ring substituents is 1. The molecule has 7 nitrogen and oxygen atoms in total. The number of hydrogen-bond donors (Lipinski definition) is 2. The molecule has 0 aliphatic carbocycles. The lowest BCUT2D eigenvalue weighted by Crippen LogP contribution is -2.28. The van der Waals surface area contributed by atoms with Gasteiger partial charge in [-0.1, -0.05) is 6.07 Å². The quantitative estimate of drug-likeness (QED) is 0.593. The van der Waals surface area contributed by atoms with Crippen LogP contribution in [0.2, 0.25) is 0 Å². The van der Waals surface area contributed by atoms with Gasteiger partial charge in [-0.25, -0.2) is 0 Å². The van der Waals surface area contributed by atoms with Gasteiger partial charge in [-0.05, 0) is 6.07 Å². The number of amides is 1. The second-order valence-electron chi connectivity index (χ2n) is 3.74. The molecule has 1 atom stereocenters.